The van der Waals surface area contributed by atoms with Crippen LogP contribution in [-0.2, 0) is 19.6 Å². The van der Waals surface area contributed by atoms with Crippen LogP contribution in [0.5, 0.6) is 0 Å². The number of carbonyl (C=O) groups is 1. The SMILES string of the molecule is CCN1c2ccccc2C(OC)=C(C=O)S1(=O)=O. The minimum Gasteiger partial charge on any atom is -0.494 e. The van der Waals surface area contributed by atoms with Crippen molar-refractivity contribution < 1.29 is 17.9 Å². The van der Waals surface area contributed by atoms with E-state index in [0.29, 0.717) is 17.5 Å². The normalized spacial score (nSPS) is 17.3. The predicted molar refractivity (Wildman–Crippen MR) is 68.4 cm³/mol. The molecule has 0 atom stereocenters. The maximum Gasteiger partial charge on any atom is 0.271 e. The van der Waals surface area contributed by atoms with E-state index in [-0.39, 0.29) is 17.2 Å². The number of aldehydes is 1. The number of para-hydroxylation sites is 1. The van der Waals surface area contributed by atoms with Crippen molar-refractivity contribution in [2.24, 2.45) is 0 Å². The number of carbonyl (C=O) groups excluding carboxylic acids is 1. The summed E-state index contributed by atoms with van der Waals surface area (Å²) in [5, 5.41) is 0. The van der Waals surface area contributed by atoms with E-state index in [9.17, 15) is 13.2 Å². The van der Waals surface area contributed by atoms with Gasteiger partial charge < -0.3 is 4.74 Å². The maximum absolute atomic E-state index is 12.3. The number of hydrogen-bond donors (Lipinski definition) is 0. The van der Waals surface area contributed by atoms with Gasteiger partial charge in [-0.25, -0.2) is 8.42 Å². The molecule has 5 nitrogen and oxygen atoms in total. The van der Waals surface area contributed by atoms with Crippen LogP contribution in [0.2, 0.25) is 0 Å². The first-order valence-corrected chi connectivity index (χ1v) is 6.87. The summed E-state index contributed by atoms with van der Waals surface area (Å²) in [5.74, 6) is 0.102. The molecule has 0 radical (unpaired) electrons. The molecule has 6 heteroatoms. The molecule has 1 aliphatic rings. The van der Waals surface area contributed by atoms with Crippen LogP contribution >= 0.6 is 0 Å². The Bertz CT molecular complexity index is 619. The Morgan fingerprint density at radius 1 is 1.33 bits per heavy atom. The molecule has 0 N–H and O–H groups in total. The smallest absolute Gasteiger partial charge is 0.271 e. The first-order chi connectivity index (χ1) is 8.57. The number of rotatable bonds is 3. The van der Waals surface area contributed by atoms with E-state index in [0.717, 1.165) is 0 Å². The molecule has 0 aromatic heterocycles. The van der Waals surface area contributed by atoms with Crippen LogP contribution < -0.4 is 4.31 Å². The van der Waals surface area contributed by atoms with Crippen LogP contribution in [0, 0.1) is 0 Å². The van der Waals surface area contributed by atoms with Crippen molar-refractivity contribution in [3.8, 4) is 0 Å². The van der Waals surface area contributed by atoms with Crippen LogP contribution in [0.1, 0.15) is 12.5 Å². The maximum atomic E-state index is 12.3. The number of methoxy groups -OCH3 is 1. The monoisotopic (exact) mass is 267 g/mol. The molecule has 0 aliphatic carbocycles. The van der Waals surface area contributed by atoms with Crippen molar-refractivity contribution in [1.82, 2.24) is 0 Å². The first kappa shape index (κ1) is 12.6. The number of fused-ring (bicyclic) bond motifs is 1. The fourth-order valence-electron chi connectivity index (χ4n) is 2.05. The highest BCUT2D eigenvalue weighted by molar-refractivity contribution is 7.97. The van der Waals surface area contributed by atoms with E-state index < -0.39 is 10.0 Å². The highest BCUT2D eigenvalue weighted by Gasteiger charge is 2.36. The lowest BCUT2D eigenvalue weighted by atomic mass is 10.1. The van der Waals surface area contributed by atoms with Gasteiger partial charge in [0.05, 0.1) is 12.8 Å². The second kappa shape index (κ2) is 4.45. The zero-order valence-corrected chi connectivity index (χ0v) is 10.9. The molecule has 1 aromatic carbocycles. The Labute approximate surface area is 106 Å². The summed E-state index contributed by atoms with van der Waals surface area (Å²) >= 11 is 0. The van der Waals surface area contributed by atoms with E-state index in [4.69, 9.17) is 4.74 Å². The number of ether oxygens (including phenoxy) is 1. The van der Waals surface area contributed by atoms with E-state index in [1.54, 1.807) is 31.2 Å². The molecule has 2 rings (SSSR count). The van der Waals surface area contributed by atoms with Gasteiger partial charge in [-0.05, 0) is 19.1 Å². The summed E-state index contributed by atoms with van der Waals surface area (Å²) in [5.41, 5.74) is 1.14. The van der Waals surface area contributed by atoms with E-state index in [1.807, 2.05) is 0 Å². The fraction of sp³-hybridized carbons (Fsp3) is 0.250. The average molecular weight is 267 g/mol. The van der Waals surface area contributed by atoms with Crippen LogP contribution in [-0.4, -0.2) is 28.4 Å². The van der Waals surface area contributed by atoms with Crippen molar-refractivity contribution in [3.63, 3.8) is 0 Å². The molecule has 1 aliphatic heterocycles. The lowest BCUT2D eigenvalue weighted by Crippen LogP contribution is -2.36. The molecule has 0 fully saturated rings. The zero-order valence-electron chi connectivity index (χ0n) is 10.1. The molecule has 1 heterocycles. The molecule has 18 heavy (non-hydrogen) atoms. The Morgan fingerprint density at radius 2 is 2.00 bits per heavy atom. The largest absolute Gasteiger partial charge is 0.494 e. The van der Waals surface area contributed by atoms with Gasteiger partial charge in [-0.2, -0.15) is 0 Å². The van der Waals surface area contributed by atoms with Gasteiger partial charge in [-0.1, -0.05) is 12.1 Å². The summed E-state index contributed by atoms with van der Waals surface area (Å²) < 4.78 is 30.8. The lowest BCUT2D eigenvalue weighted by molar-refractivity contribution is -0.104. The third kappa shape index (κ3) is 1.60. The number of sulfonamides is 1. The molecule has 96 valence electrons. The average Bonchev–Trinajstić information content (AvgIpc) is 2.36. The number of benzene rings is 1. The van der Waals surface area contributed by atoms with E-state index in [1.165, 1.54) is 11.4 Å². The van der Waals surface area contributed by atoms with Gasteiger partial charge in [0, 0.05) is 12.1 Å². The van der Waals surface area contributed by atoms with Crippen molar-refractivity contribution >= 4 is 27.8 Å². The number of nitrogens with zero attached hydrogens (tertiary/aromatic N) is 1. The Balaban J connectivity index is 2.85. The number of allylic oxidation sites excluding steroid dienone is 1. The summed E-state index contributed by atoms with van der Waals surface area (Å²) in [6.45, 7) is 1.97. The van der Waals surface area contributed by atoms with Crippen LogP contribution in [0.4, 0.5) is 5.69 Å². The second-order valence-electron chi connectivity index (χ2n) is 3.70. The zero-order chi connectivity index (χ0) is 13.3. The van der Waals surface area contributed by atoms with Crippen molar-refractivity contribution in [2.45, 2.75) is 6.92 Å². The molecule has 0 saturated heterocycles. The Morgan fingerprint density at radius 3 is 2.56 bits per heavy atom. The predicted octanol–water partition coefficient (Wildman–Crippen LogP) is 1.37. The molecular formula is C12H13NO4S. The highest BCUT2D eigenvalue weighted by atomic mass is 32.2. The summed E-state index contributed by atoms with van der Waals surface area (Å²) in [4.78, 5) is 10.7. The minimum absolute atomic E-state index is 0.102. The number of hydrogen-bond acceptors (Lipinski definition) is 4. The van der Waals surface area contributed by atoms with Gasteiger partial charge in [0.2, 0.25) is 0 Å². The Hall–Kier alpha value is -1.82. The standard InChI is InChI=1S/C12H13NO4S/c1-3-13-10-7-5-4-6-9(10)12(17-2)11(8-14)18(13,15)16/h4-8H,3H2,1-2H3. The fourth-order valence-corrected chi connectivity index (χ4v) is 3.59. The number of anilines is 1. The topological polar surface area (TPSA) is 63.7 Å². The van der Waals surface area contributed by atoms with Crippen LogP contribution in [0.3, 0.4) is 0 Å². The van der Waals surface area contributed by atoms with Gasteiger partial charge in [0.15, 0.2) is 17.0 Å². The van der Waals surface area contributed by atoms with Crippen molar-refractivity contribution in [2.75, 3.05) is 18.0 Å². The summed E-state index contributed by atoms with van der Waals surface area (Å²) in [7, 11) is -2.47. The van der Waals surface area contributed by atoms with E-state index >= 15 is 0 Å². The van der Waals surface area contributed by atoms with Gasteiger partial charge in [0.1, 0.15) is 0 Å². The third-order valence-electron chi connectivity index (χ3n) is 2.81. The second-order valence-corrected chi connectivity index (χ2v) is 5.53. The van der Waals surface area contributed by atoms with Gasteiger partial charge in [0.25, 0.3) is 10.0 Å². The quantitative estimate of drug-likeness (QED) is 0.776. The highest BCUT2D eigenvalue weighted by Crippen LogP contribution is 2.38. The Kier molecular flexibility index (Phi) is 3.13. The van der Waals surface area contributed by atoms with Crippen LogP contribution in [0.15, 0.2) is 29.2 Å². The van der Waals surface area contributed by atoms with Gasteiger partial charge >= 0.3 is 0 Å². The third-order valence-corrected chi connectivity index (χ3v) is 4.68. The summed E-state index contributed by atoms with van der Waals surface area (Å²) in [6, 6.07) is 6.94. The van der Waals surface area contributed by atoms with E-state index in [2.05, 4.69) is 0 Å². The van der Waals surface area contributed by atoms with Crippen LogP contribution in [0.25, 0.3) is 5.76 Å². The molecule has 0 spiro atoms. The molecule has 0 bridgehead atoms. The molecule has 0 unspecified atom stereocenters. The van der Waals surface area contributed by atoms with Crippen molar-refractivity contribution in [3.05, 3.63) is 34.7 Å². The first-order valence-electron chi connectivity index (χ1n) is 5.43. The molecule has 0 saturated carbocycles. The summed E-state index contributed by atoms with van der Waals surface area (Å²) in [6.07, 6.45) is 0.326. The molecular weight excluding hydrogens is 254 g/mol. The molecule has 1 aromatic rings. The lowest BCUT2D eigenvalue weighted by Gasteiger charge is -2.30. The van der Waals surface area contributed by atoms with Crippen molar-refractivity contribution in [1.29, 1.82) is 0 Å². The van der Waals surface area contributed by atoms with Gasteiger partial charge in [-0.15, -0.1) is 0 Å². The molecule has 0 amide bonds. The minimum atomic E-state index is -3.82. The van der Waals surface area contributed by atoms with Gasteiger partial charge in [-0.3, -0.25) is 9.10 Å².